The molecule has 76 valence electrons. The van der Waals surface area contributed by atoms with Crippen LogP contribution in [-0.4, -0.2) is 48.8 Å². The molecular weight excluding hydrogens is 170 g/mol. The molecule has 0 aliphatic carbocycles. The number of carbonyl (C=O) groups is 1. The largest absolute Gasteiger partial charge is 0.469 e. The van der Waals surface area contributed by atoms with Crippen molar-refractivity contribution in [1.82, 2.24) is 4.90 Å². The van der Waals surface area contributed by atoms with Crippen molar-refractivity contribution in [3.63, 3.8) is 0 Å². The van der Waals surface area contributed by atoms with Crippen molar-refractivity contribution >= 4 is 5.97 Å². The van der Waals surface area contributed by atoms with Gasteiger partial charge >= 0.3 is 5.97 Å². The van der Waals surface area contributed by atoms with Crippen molar-refractivity contribution in [2.24, 2.45) is 5.41 Å². The van der Waals surface area contributed by atoms with Gasteiger partial charge in [0.05, 0.1) is 18.6 Å². The summed E-state index contributed by atoms with van der Waals surface area (Å²) in [7, 11) is 1.40. The predicted molar refractivity (Wildman–Crippen MR) is 48.2 cm³/mol. The van der Waals surface area contributed by atoms with E-state index in [2.05, 4.69) is 4.74 Å². The predicted octanol–water partition coefficient (Wildman–Crippen LogP) is -0.138. The highest BCUT2D eigenvalue weighted by Crippen LogP contribution is 2.21. The number of hydrogen-bond donors (Lipinski definition) is 1. The van der Waals surface area contributed by atoms with Crippen molar-refractivity contribution in [3.8, 4) is 0 Å². The highest BCUT2D eigenvalue weighted by molar-refractivity contribution is 5.76. The van der Waals surface area contributed by atoms with Gasteiger partial charge in [-0.15, -0.1) is 0 Å². The van der Waals surface area contributed by atoms with E-state index in [1.807, 2.05) is 18.7 Å². The normalized spacial score (nSPS) is 19.7. The molecule has 1 N–H and O–H groups in total. The molecule has 0 spiro atoms. The number of hydrogen-bond acceptors (Lipinski definition) is 4. The van der Waals surface area contributed by atoms with E-state index in [0.717, 1.165) is 0 Å². The summed E-state index contributed by atoms with van der Waals surface area (Å²) in [5, 5.41) is 9.05. The minimum Gasteiger partial charge on any atom is -0.469 e. The van der Waals surface area contributed by atoms with E-state index in [4.69, 9.17) is 5.11 Å². The lowest BCUT2D eigenvalue weighted by atomic mass is 9.91. The van der Waals surface area contributed by atoms with Gasteiger partial charge in [0.1, 0.15) is 0 Å². The molecule has 1 fully saturated rings. The summed E-state index contributed by atoms with van der Waals surface area (Å²) < 4.78 is 4.68. The molecule has 0 amide bonds. The lowest BCUT2D eigenvalue weighted by Gasteiger charge is -2.39. The van der Waals surface area contributed by atoms with E-state index in [1.165, 1.54) is 7.11 Å². The Morgan fingerprint density at radius 1 is 1.62 bits per heavy atom. The molecule has 0 radical (unpaired) electrons. The monoisotopic (exact) mass is 187 g/mol. The number of β-amino-alcohol motifs (C(OH)–C–C–N with tert-alkyl or cyclic N) is 1. The molecule has 1 saturated heterocycles. The molecule has 4 heteroatoms. The molecule has 0 unspecified atom stereocenters. The minimum absolute atomic E-state index is 0.200. The summed E-state index contributed by atoms with van der Waals surface area (Å²) in [6.45, 7) is 5.69. The van der Waals surface area contributed by atoms with Gasteiger partial charge in [0.25, 0.3) is 0 Å². The van der Waals surface area contributed by atoms with Gasteiger partial charge in [0.2, 0.25) is 0 Å². The Morgan fingerprint density at radius 3 is 2.54 bits per heavy atom. The van der Waals surface area contributed by atoms with Crippen molar-refractivity contribution < 1.29 is 14.6 Å². The maximum Gasteiger partial charge on any atom is 0.312 e. The van der Waals surface area contributed by atoms with Gasteiger partial charge in [-0.2, -0.15) is 0 Å². The maximum atomic E-state index is 11.3. The quantitative estimate of drug-likeness (QED) is 0.625. The molecule has 1 aliphatic heterocycles. The molecule has 0 saturated carbocycles. The average molecular weight is 187 g/mol. The van der Waals surface area contributed by atoms with Crippen LogP contribution in [0.2, 0.25) is 0 Å². The number of nitrogens with zero attached hydrogens (tertiary/aromatic N) is 1. The third-order valence-corrected chi connectivity index (χ3v) is 2.29. The number of rotatable bonds is 3. The lowest BCUT2D eigenvalue weighted by Crippen LogP contribution is -2.54. The van der Waals surface area contributed by atoms with Crippen molar-refractivity contribution in [2.45, 2.75) is 20.0 Å². The van der Waals surface area contributed by atoms with Gasteiger partial charge in [-0.05, 0) is 13.8 Å². The number of aliphatic hydroxyl groups excluding tert-OH is 1. The van der Waals surface area contributed by atoms with Gasteiger partial charge in [-0.1, -0.05) is 0 Å². The Labute approximate surface area is 78.5 Å². The molecule has 0 bridgehead atoms. The first-order chi connectivity index (χ1) is 5.95. The second-order valence-corrected chi connectivity index (χ2v) is 4.22. The fourth-order valence-corrected chi connectivity index (χ4v) is 1.57. The van der Waals surface area contributed by atoms with Crippen molar-refractivity contribution in [2.75, 3.05) is 26.7 Å². The van der Waals surface area contributed by atoms with Crippen LogP contribution >= 0.6 is 0 Å². The van der Waals surface area contributed by atoms with Gasteiger partial charge in [0.15, 0.2) is 0 Å². The number of aliphatic hydroxyl groups is 1. The molecule has 0 atom stereocenters. The molecular formula is C9H17NO3. The van der Waals surface area contributed by atoms with Crippen molar-refractivity contribution in [3.05, 3.63) is 0 Å². The third-order valence-electron chi connectivity index (χ3n) is 2.29. The summed E-state index contributed by atoms with van der Waals surface area (Å²) in [4.78, 5) is 13.3. The second-order valence-electron chi connectivity index (χ2n) is 4.22. The number of likely N-dealkylation sites (tertiary alicyclic amines) is 1. The zero-order chi connectivity index (χ0) is 10.1. The zero-order valence-corrected chi connectivity index (χ0v) is 8.41. The van der Waals surface area contributed by atoms with Crippen LogP contribution in [0.1, 0.15) is 13.8 Å². The van der Waals surface area contributed by atoms with E-state index >= 15 is 0 Å². The summed E-state index contributed by atoms with van der Waals surface area (Å²) in [5.41, 5.74) is -0.477. The lowest BCUT2D eigenvalue weighted by molar-refractivity contribution is -0.153. The molecule has 1 aliphatic rings. The van der Waals surface area contributed by atoms with Crippen LogP contribution in [0.5, 0.6) is 0 Å². The van der Waals surface area contributed by atoms with Crippen LogP contribution in [0.25, 0.3) is 0 Å². The minimum atomic E-state index is -0.477. The number of carbonyl (C=O) groups excluding carboxylic acids is 1. The fourth-order valence-electron chi connectivity index (χ4n) is 1.57. The fraction of sp³-hybridized carbons (Fsp3) is 0.889. The topological polar surface area (TPSA) is 49.8 Å². The second kappa shape index (κ2) is 3.64. The highest BCUT2D eigenvalue weighted by Gasteiger charge is 2.35. The molecule has 0 aromatic heterocycles. The molecule has 4 nitrogen and oxygen atoms in total. The maximum absolute atomic E-state index is 11.3. The Morgan fingerprint density at radius 2 is 2.15 bits per heavy atom. The summed E-state index contributed by atoms with van der Waals surface area (Å²) >= 11 is 0. The first-order valence-electron chi connectivity index (χ1n) is 4.44. The van der Waals surface area contributed by atoms with Gasteiger partial charge in [-0.25, -0.2) is 0 Å². The molecule has 13 heavy (non-hydrogen) atoms. The number of methoxy groups -OCH3 is 1. The van der Waals surface area contributed by atoms with Crippen molar-refractivity contribution in [1.29, 1.82) is 0 Å². The van der Waals surface area contributed by atoms with Crippen LogP contribution in [0.3, 0.4) is 0 Å². The first-order valence-corrected chi connectivity index (χ1v) is 4.44. The average Bonchev–Trinajstić information content (AvgIpc) is 1.99. The first kappa shape index (κ1) is 10.5. The molecule has 0 aromatic carbocycles. The van der Waals surface area contributed by atoms with E-state index in [0.29, 0.717) is 19.6 Å². The molecule has 1 rings (SSSR count). The van der Waals surface area contributed by atoms with Gasteiger partial charge in [-0.3, -0.25) is 9.69 Å². The molecule has 1 heterocycles. The highest BCUT2D eigenvalue weighted by atomic mass is 16.5. The summed E-state index contributed by atoms with van der Waals surface area (Å²) in [6.07, 6.45) is -0.214. The Balaban J connectivity index is 2.38. The SMILES string of the molecule is COC(=O)C(C)(C)CN1CC(O)C1. The Bertz CT molecular complexity index is 197. The van der Waals surface area contributed by atoms with E-state index < -0.39 is 5.41 Å². The summed E-state index contributed by atoms with van der Waals surface area (Å²) in [5.74, 6) is -0.200. The van der Waals surface area contributed by atoms with Gasteiger partial charge in [0, 0.05) is 19.6 Å². The van der Waals surface area contributed by atoms with E-state index in [9.17, 15) is 4.79 Å². The van der Waals surface area contributed by atoms with E-state index in [1.54, 1.807) is 0 Å². The van der Waals surface area contributed by atoms with Gasteiger partial charge < -0.3 is 9.84 Å². The number of ether oxygens (including phenoxy) is 1. The standard InChI is InChI=1S/C9H17NO3/c1-9(2,8(12)13-3)6-10-4-7(11)5-10/h7,11H,4-6H2,1-3H3. The Hall–Kier alpha value is -0.610. The number of esters is 1. The summed E-state index contributed by atoms with van der Waals surface area (Å²) in [6, 6.07) is 0. The molecule has 0 aromatic rings. The van der Waals surface area contributed by atoms with Crippen LogP contribution in [-0.2, 0) is 9.53 Å². The third kappa shape index (κ3) is 2.42. The van der Waals surface area contributed by atoms with E-state index in [-0.39, 0.29) is 12.1 Å². The van der Waals surface area contributed by atoms with Crippen LogP contribution in [0, 0.1) is 5.41 Å². The van der Waals surface area contributed by atoms with Crippen LogP contribution in [0.4, 0.5) is 0 Å². The van der Waals surface area contributed by atoms with Crippen LogP contribution < -0.4 is 0 Å². The Kier molecular flexibility index (Phi) is 2.93. The zero-order valence-electron chi connectivity index (χ0n) is 8.41. The smallest absolute Gasteiger partial charge is 0.312 e. The van der Waals surface area contributed by atoms with Crippen LogP contribution in [0.15, 0.2) is 0 Å².